The van der Waals surface area contributed by atoms with Crippen LogP contribution < -0.4 is 11.5 Å². The highest BCUT2D eigenvalue weighted by atomic mass is 16.6. The quantitative estimate of drug-likeness (QED) is 0.530. The zero-order valence-electron chi connectivity index (χ0n) is 8.18. The predicted molar refractivity (Wildman–Crippen MR) is 58.8 cm³/mol. The number of benzene rings is 1. The highest BCUT2D eigenvalue weighted by Gasteiger charge is 2.66. The summed E-state index contributed by atoms with van der Waals surface area (Å²) in [6.07, 6.45) is 7.72. The van der Waals surface area contributed by atoms with E-state index >= 15 is 0 Å². The molecule has 76 valence electrons. The average molecular weight is 200 g/mol. The van der Waals surface area contributed by atoms with Gasteiger partial charge in [0.05, 0.1) is 0 Å². The Kier molecular flexibility index (Phi) is 1.45. The zero-order valence-corrected chi connectivity index (χ0v) is 8.18. The van der Waals surface area contributed by atoms with Crippen LogP contribution in [0.2, 0.25) is 0 Å². The largest absolute Gasteiger partial charge is 0.399 e. The van der Waals surface area contributed by atoms with Gasteiger partial charge in [-0.2, -0.15) is 0 Å². The molecule has 1 heterocycles. The van der Waals surface area contributed by atoms with Crippen LogP contribution in [0.4, 0.5) is 5.69 Å². The molecule has 1 aromatic carbocycles. The van der Waals surface area contributed by atoms with E-state index in [9.17, 15) is 0 Å². The summed E-state index contributed by atoms with van der Waals surface area (Å²) in [5.41, 5.74) is 12.3. The number of anilines is 1. The number of rotatable bonds is 1. The van der Waals surface area contributed by atoms with E-state index < -0.39 is 11.3 Å². The van der Waals surface area contributed by atoms with Crippen LogP contribution in [0.15, 0.2) is 48.6 Å². The van der Waals surface area contributed by atoms with Crippen molar-refractivity contribution in [2.45, 2.75) is 11.3 Å². The molecule has 3 nitrogen and oxygen atoms in total. The molecule has 2 unspecified atom stereocenters. The van der Waals surface area contributed by atoms with Gasteiger partial charge in [-0.3, -0.25) is 5.73 Å². The van der Waals surface area contributed by atoms with Crippen LogP contribution in [-0.4, -0.2) is 5.72 Å². The summed E-state index contributed by atoms with van der Waals surface area (Å²) in [6.45, 7) is 0. The van der Waals surface area contributed by atoms with Crippen LogP contribution in [-0.2, 0) is 10.3 Å². The molecule has 3 heteroatoms. The van der Waals surface area contributed by atoms with E-state index in [4.69, 9.17) is 16.2 Å². The van der Waals surface area contributed by atoms with Crippen molar-refractivity contribution in [3.63, 3.8) is 0 Å². The Labute approximate surface area is 88.0 Å². The molecule has 1 aromatic rings. The first kappa shape index (κ1) is 8.71. The summed E-state index contributed by atoms with van der Waals surface area (Å²) in [4.78, 5) is 0. The van der Waals surface area contributed by atoms with Crippen molar-refractivity contribution >= 4 is 5.69 Å². The van der Waals surface area contributed by atoms with Gasteiger partial charge in [-0.05, 0) is 29.8 Å². The lowest BCUT2D eigenvalue weighted by atomic mass is 9.88. The van der Waals surface area contributed by atoms with Gasteiger partial charge in [-0.15, -0.1) is 0 Å². The molecule has 1 aliphatic carbocycles. The van der Waals surface area contributed by atoms with Crippen LogP contribution in [0.3, 0.4) is 0 Å². The van der Waals surface area contributed by atoms with Crippen molar-refractivity contribution in [3.05, 3.63) is 54.1 Å². The van der Waals surface area contributed by atoms with Crippen molar-refractivity contribution < 1.29 is 4.74 Å². The molecule has 1 aliphatic heterocycles. The normalized spacial score (nSPS) is 36.3. The Balaban J connectivity index is 2.06. The number of ether oxygens (including phenoxy) is 1. The van der Waals surface area contributed by atoms with Crippen LogP contribution >= 0.6 is 0 Å². The van der Waals surface area contributed by atoms with Gasteiger partial charge < -0.3 is 10.5 Å². The fraction of sp³-hybridized carbons (Fsp3) is 0.167. The summed E-state index contributed by atoms with van der Waals surface area (Å²) in [7, 11) is 0. The highest BCUT2D eigenvalue weighted by molar-refractivity contribution is 5.49. The van der Waals surface area contributed by atoms with Crippen molar-refractivity contribution in [1.82, 2.24) is 0 Å². The summed E-state index contributed by atoms with van der Waals surface area (Å²) in [5.74, 6) is 0. The van der Waals surface area contributed by atoms with E-state index in [1.54, 1.807) is 0 Å². The van der Waals surface area contributed by atoms with Gasteiger partial charge in [0, 0.05) is 5.69 Å². The molecule has 0 saturated carbocycles. The number of allylic oxidation sites excluding steroid dienone is 2. The number of hydrogen-bond donors (Lipinski definition) is 2. The summed E-state index contributed by atoms with van der Waals surface area (Å²) >= 11 is 0. The Morgan fingerprint density at radius 3 is 2.33 bits per heavy atom. The molecule has 2 atom stereocenters. The third-order valence-corrected chi connectivity index (χ3v) is 2.99. The fourth-order valence-corrected chi connectivity index (χ4v) is 2.06. The minimum absolute atomic E-state index is 0.477. The van der Waals surface area contributed by atoms with E-state index in [1.807, 2.05) is 48.6 Å². The van der Waals surface area contributed by atoms with Crippen molar-refractivity contribution in [1.29, 1.82) is 0 Å². The van der Waals surface area contributed by atoms with Crippen LogP contribution in [0.5, 0.6) is 0 Å². The van der Waals surface area contributed by atoms with Gasteiger partial charge in [0.1, 0.15) is 0 Å². The SMILES string of the molecule is Nc1ccc(C23C=CC=CC2(N)O3)cc1. The number of nitrogen functional groups attached to an aromatic ring is 1. The Hall–Kier alpha value is -1.58. The second-order valence-corrected chi connectivity index (χ2v) is 3.97. The molecule has 3 rings (SSSR count). The maximum atomic E-state index is 6.07. The third-order valence-electron chi connectivity index (χ3n) is 2.99. The molecule has 1 fully saturated rings. The third kappa shape index (κ3) is 1.02. The van der Waals surface area contributed by atoms with Gasteiger partial charge in [-0.25, -0.2) is 0 Å². The molecule has 2 aliphatic rings. The Morgan fingerprint density at radius 1 is 1.00 bits per heavy atom. The van der Waals surface area contributed by atoms with Crippen molar-refractivity contribution in [2.75, 3.05) is 5.73 Å². The molecule has 0 aromatic heterocycles. The lowest BCUT2D eigenvalue weighted by Gasteiger charge is -2.13. The second kappa shape index (κ2) is 2.51. The molecular weight excluding hydrogens is 188 g/mol. The van der Waals surface area contributed by atoms with Gasteiger partial charge in [0.15, 0.2) is 11.3 Å². The first-order chi connectivity index (χ1) is 7.16. The second-order valence-electron chi connectivity index (χ2n) is 3.97. The van der Waals surface area contributed by atoms with E-state index in [0.717, 1.165) is 11.3 Å². The standard InChI is InChI=1S/C12H12N2O/c13-10-5-3-9(4-6-10)11-7-1-2-8-12(11,14)15-11/h1-8H,13-14H2. The maximum absolute atomic E-state index is 6.07. The molecular formula is C12H12N2O. The molecule has 15 heavy (non-hydrogen) atoms. The molecule has 0 radical (unpaired) electrons. The maximum Gasteiger partial charge on any atom is 0.175 e. The first-order valence-corrected chi connectivity index (χ1v) is 4.88. The zero-order chi connectivity index (χ0) is 10.5. The number of nitrogens with two attached hydrogens (primary N) is 2. The minimum atomic E-state index is -0.669. The highest BCUT2D eigenvalue weighted by Crippen LogP contribution is 2.55. The number of fused-ring (bicyclic) bond motifs is 1. The average Bonchev–Trinajstić information content (AvgIpc) is 2.86. The number of hydrogen-bond acceptors (Lipinski definition) is 3. The summed E-state index contributed by atoms with van der Waals surface area (Å²) < 4.78 is 5.64. The van der Waals surface area contributed by atoms with Gasteiger partial charge >= 0.3 is 0 Å². The lowest BCUT2D eigenvalue weighted by Crippen LogP contribution is -2.31. The number of epoxide rings is 1. The molecule has 1 saturated heterocycles. The van der Waals surface area contributed by atoms with E-state index in [2.05, 4.69) is 0 Å². The molecule has 0 amide bonds. The van der Waals surface area contributed by atoms with E-state index in [-0.39, 0.29) is 0 Å². The smallest absolute Gasteiger partial charge is 0.175 e. The first-order valence-electron chi connectivity index (χ1n) is 4.88. The predicted octanol–water partition coefficient (Wildman–Crippen LogP) is 1.28. The monoisotopic (exact) mass is 200 g/mol. The summed E-state index contributed by atoms with van der Waals surface area (Å²) in [6, 6.07) is 7.62. The van der Waals surface area contributed by atoms with Crippen LogP contribution in [0, 0.1) is 0 Å². The molecule has 4 N–H and O–H groups in total. The summed E-state index contributed by atoms with van der Waals surface area (Å²) in [5, 5.41) is 0. The lowest BCUT2D eigenvalue weighted by molar-refractivity contribution is 0.310. The van der Waals surface area contributed by atoms with Gasteiger partial charge in [0.25, 0.3) is 0 Å². The van der Waals surface area contributed by atoms with E-state index in [1.165, 1.54) is 0 Å². The minimum Gasteiger partial charge on any atom is -0.399 e. The molecule has 0 spiro atoms. The van der Waals surface area contributed by atoms with Crippen molar-refractivity contribution in [3.8, 4) is 0 Å². The fourth-order valence-electron chi connectivity index (χ4n) is 2.06. The molecule has 0 bridgehead atoms. The van der Waals surface area contributed by atoms with Crippen LogP contribution in [0.1, 0.15) is 5.56 Å². The van der Waals surface area contributed by atoms with E-state index in [0.29, 0.717) is 0 Å². The Morgan fingerprint density at radius 2 is 1.67 bits per heavy atom. The van der Waals surface area contributed by atoms with Gasteiger partial charge in [0.2, 0.25) is 0 Å². The van der Waals surface area contributed by atoms with Crippen molar-refractivity contribution in [2.24, 2.45) is 5.73 Å². The Bertz CT molecular complexity index is 463. The van der Waals surface area contributed by atoms with Crippen LogP contribution in [0.25, 0.3) is 0 Å². The topological polar surface area (TPSA) is 64.6 Å². The van der Waals surface area contributed by atoms with Gasteiger partial charge in [-0.1, -0.05) is 24.3 Å².